The van der Waals surface area contributed by atoms with Crippen LogP contribution in [0.2, 0.25) is 0 Å². The molecule has 18 heavy (non-hydrogen) atoms. The Labute approximate surface area is 111 Å². The molecule has 108 valence electrons. The second-order valence-corrected chi connectivity index (χ2v) is 5.52. The molecule has 4 heteroatoms. The van der Waals surface area contributed by atoms with Gasteiger partial charge in [-0.25, -0.2) is 0 Å². The molecule has 0 amide bonds. The summed E-state index contributed by atoms with van der Waals surface area (Å²) in [5, 5.41) is 23.0. The first-order valence-corrected chi connectivity index (χ1v) is 7.42. The van der Waals surface area contributed by atoms with E-state index in [4.69, 9.17) is 0 Å². The van der Waals surface area contributed by atoms with Gasteiger partial charge in [0.2, 0.25) is 0 Å². The maximum absolute atomic E-state index is 10.0. The van der Waals surface area contributed by atoms with E-state index in [1.807, 2.05) is 0 Å². The number of hydrogen-bond donors (Lipinski definition) is 3. The molecule has 0 aliphatic heterocycles. The van der Waals surface area contributed by atoms with Crippen LogP contribution in [0.5, 0.6) is 0 Å². The molecule has 4 nitrogen and oxygen atoms in total. The average Bonchev–Trinajstić information content (AvgIpc) is 2.43. The number of aliphatic hydroxyl groups excluding tert-OH is 2. The molecule has 0 radical (unpaired) electrons. The normalized spacial score (nSPS) is 21.2. The molecule has 1 aliphatic rings. The van der Waals surface area contributed by atoms with Crippen LogP contribution in [-0.4, -0.2) is 59.5 Å². The van der Waals surface area contributed by atoms with Gasteiger partial charge in [0.1, 0.15) is 0 Å². The van der Waals surface area contributed by atoms with Gasteiger partial charge in [-0.05, 0) is 25.9 Å². The molecule has 0 saturated heterocycles. The lowest BCUT2D eigenvalue weighted by molar-refractivity contribution is 0.0770. The fourth-order valence-electron chi connectivity index (χ4n) is 2.80. The number of nitrogens with zero attached hydrogens (tertiary/aromatic N) is 1. The van der Waals surface area contributed by atoms with Crippen molar-refractivity contribution >= 4 is 0 Å². The third kappa shape index (κ3) is 4.84. The number of hydrogen-bond acceptors (Lipinski definition) is 4. The minimum atomic E-state index is -0.352. The lowest BCUT2D eigenvalue weighted by Crippen LogP contribution is -2.53. The van der Waals surface area contributed by atoms with Crippen molar-refractivity contribution in [3.05, 3.63) is 0 Å². The number of nitrogens with one attached hydrogen (secondary N) is 1. The van der Waals surface area contributed by atoms with Crippen LogP contribution < -0.4 is 5.32 Å². The van der Waals surface area contributed by atoms with Gasteiger partial charge in [0.05, 0.1) is 12.7 Å². The van der Waals surface area contributed by atoms with E-state index >= 15 is 0 Å². The lowest BCUT2D eigenvalue weighted by Gasteiger charge is -2.37. The van der Waals surface area contributed by atoms with Crippen LogP contribution in [0, 0.1) is 0 Å². The predicted octanol–water partition coefficient (Wildman–Crippen LogP) is 0.974. The highest BCUT2D eigenvalue weighted by Gasteiger charge is 2.31. The van der Waals surface area contributed by atoms with E-state index in [0.717, 1.165) is 25.9 Å². The SMILES string of the molecule is CCN(CC)CC(O)CNC1(CO)CCCCC1. The first-order chi connectivity index (χ1) is 8.65. The zero-order valence-electron chi connectivity index (χ0n) is 12.0. The highest BCUT2D eigenvalue weighted by Crippen LogP contribution is 2.27. The fourth-order valence-corrected chi connectivity index (χ4v) is 2.80. The Hall–Kier alpha value is -0.160. The standard InChI is InChI=1S/C14H30N2O2/c1-3-16(4-2)11-13(18)10-15-14(12-17)8-6-5-7-9-14/h13,15,17-18H,3-12H2,1-2H3. The average molecular weight is 258 g/mol. The van der Waals surface area contributed by atoms with E-state index in [1.165, 1.54) is 19.3 Å². The highest BCUT2D eigenvalue weighted by molar-refractivity contribution is 4.91. The van der Waals surface area contributed by atoms with Crippen LogP contribution in [0.1, 0.15) is 46.0 Å². The minimum absolute atomic E-state index is 0.136. The van der Waals surface area contributed by atoms with Crippen molar-refractivity contribution in [3.63, 3.8) is 0 Å². The molecular formula is C14H30N2O2. The molecule has 1 unspecified atom stereocenters. The summed E-state index contributed by atoms with van der Waals surface area (Å²) in [6.45, 7) is 7.64. The minimum Gasteiger partial charge on any atom is -0.394 e. The largest absolute Gasteiger partial charge is 0.394 e. The van der Waals surface area contributed by atoms with Crippen molar-refractivity contribution in [1.29, 1.82) is 0 Å². The summed E-state index contributed by atoms with van der Waals surface area (Å²) in [6.07, 6.45) is 5.34. The lowest BCUT2D eigenvalue weighted by atomic mass is 9.82. The second-order valence-electron chi connectivity index (χ2n) is 5.52. The van der Waals surface area contributed by atoms with Crippen LogP contribution in [0.15, 0.2) is 0 Å². The van der Waals surface area contributed by atoms with Crippen LogP contribution >= 0.6 is 0 Å². The number of β-amino-alcohol motifs (C(OH)–C–C–N with tert-alkyl or cyclic N) is 1. The molecule has 1 rings (SSSR count). The Balaban J connectivity index is 2.33. The number of likely N-dealkylation sites (N-methyl/N-ethyl adjacent to an activating group) is 1. The van der Waals surface area contributed by atoms with Gasteiger partial charge in [0.15, 0.2) is 0 Å². The van der Waals surface area contributed by atoms with E-state index in [-0.39, 0.29) is 18.2 Å². The number of rotatable bonds is 8. The highest BCUT2D eigenvalue weighted by atomic mass is 16.3. The predicted molar refractivity (Wildman–Crippen MR) is 74.7 cm³/mol. The smallest absolute Gasteiger partial charge is 0.0791 e. The summed E-state index contributed by atoms with van der Waals surface area (Å²) in [4.78, 5) is 2.22. The van der Waals surface area contributed by atoms with Crippen LogP contribution in [0.25, 0.3) is 0 Å². The van der Waals surface area contributed by atoms with Crippen molar-refractivity contribution in [2.45, 2.75) is 57.6 Å². The van der Waals surface area contributed by atoms with Crippen LogP contribution in [-0.2, 0) is 0 Å². The summed E-state index contributed by atoms with van der Waals surface area (Å²) in [6, 6.07) is 0. The first-order valence-electron chi connectivity index (χ1n) is 7.42. The summed E-state index contributed by atoms with van der Waals surface area (Å²) < 4.78 is 0. The molecule has 3 N–H and O–H groups in total. The zero-order chi connectivity index (χ0) is 13.4. The van der Waals surface area contributed by atoms with Gasteiger partial charge in [0.25, 0.3) is 0 Å². The summed E-state index contributed by atoms with van der Waals surface area (Å²) in [5.41, 5.74) is -0.136. The van der Waals surface area contributed by atoms with E-state index < -0.39 is 0 Å². The van der Waals surface area contributed by atoms with Crippen molar-refractivity contribution in [3.8, 4) is 0 Å². The zero-order valence-corrected chi connectivity index (χ0v) is 12.0. The molecule has 1 atom stereocenters. The van der Waals surface area contributed by atoms with Gasteiger partial charge in [0, 0.05) is 18.6 Å². The van der Waals surface area contributed by atoms with E-state index in [9.17, 15) is 10.2 Å². The molecule has 0 heterocycles. The Bertz CT molecular complexity index is 214. The van der Waals surface area contributed by atoms with Gasteiger partial charge in [-0.1, -0.05) is 33.1 Å². The number of aliphatic hydroxyl groups is 2. The maximum atomic E-state index is 10.0. The Kier molecular flexibility index (Phi) is 7.15. The molecule has 1 saturated carbocycles. The van der Waals surface area contributed by atoms with Gasteiger partial charge in [-0.2, -0.15) is 0 Å². The van der Waals surface area contributed by atoms with Crippen LogP contribution in [0.3, 0.4) is 0 Å². The van der Waals surface area contributed by atoms with Gasteiger partial charge in [-0.15, -0.1) is 0 Å². The summed E-state index contributed by atoms with van der Waals surface area (Å²) >= 11 is 0. The quantitative estimate of drug-likeness (QED) is 0.607. The molecule has 0 bridgehead atoms. The van der Waals surface area contributed by atoms with E-state index in [1.54, 1.807) is 0 Å². The molecular weight excluding hydrogens is 228 g/mol. The van der Waals surface area contributed by atoms with E-state index in [2.05, 4.69) is 24.1 Å². The third-order valence-corrected chi connectivity index (χ3v) is 4.19. The topological polar surface area (TPSA) is 55.7 Å². The maximum Gasteiger partial charge on any atom is 0.0791 e. The second kappa shape index (κ2) is 8.10. The van der Waals surface area contributed by atoms with Gasteiger partial charge < -0.3 is 20.4 Å². The molecule has 1 fully saturated rings. The molecule has 0 spiro atoms. The Morgan fingerprint density at radius 3 is 2.28 bits per heavy atom. The third-order valence-electron chi connectivity index (χ3n) is 4.19. The molecule has 0 aromatic heterocycles. The van der Waals surface area contributed by atoms with Crippen molar-refractivity contribution in [2.75, 3.05) is 32.8 Å². The van der Waals surface area contributed by atoms with Gasteiger partial charge >= 0.3 is 0 Å². The van der Waals surface area contributed by atoms with Gasteiger partial charge in [-0.3, -0.25) is 0 Å². The summed E-state index contributed by atoms with van der Waals surface area (Å²) in [7, 11) is 0. The van der Waals surface area contributed by atoms with Crippen molar-refractivity contribution in [2.24, 2.45) is 0 Å². The Morgan fingerprint density at radius 1 is 1.17 bits per heavy atom. The van der Waals surface area contributed by atoms with E-state index in [0.29, 0.717) is 13.1 Å². The molecule has 0 aromatic carbocycles. The fraction of sp³-hybridized carbons (Fsp3) is 1.00. The Morgan fingerprint density at radius 2 is 1.78 bits per heavy atom. The first kappa shape index (κ1) is 15.9. The van der Waals surface area contributed by atoms with Crippen molar-refractivity contribution in [1.82, 2.24) is 10.2 Å². The molecule has 1 aliphatic carbocycles. The summed E-state index contributed by atoms with van der Waals surface area (Å²) in [5.74, 6) is 0. The van der Waals surface area contributed by atoms with Crippen LogP contribution in [0.4, 0.5) is 0 Å². The molecule has 0 aromatic rings. The van der Waals surface area contributed by atoms with Crippen molar-refractivity contribution < 1.29 is 10.2 Å². The monoisotopic (exact) mass is 258 g/mol.